The standard InChI is InChI=1S/C22H27N3O5S/c1-15-8-7-9-17(20(15)22(27)24-10-3-4-11-24)23-21(26)18-14-19(16(2)30-18)31(28,29)25-12-5-6-13-25/h7-9,14H,3-6,10-13H2,1-2H3,(H,23,26). The van der Waals surface area contributed by atoms with Gasteiger partial charge >= 0.3 is 0 Å². The highest BCUT2D eigenvalue weighted by Crippen LogP contribution is 2.28. The van der Waals surface area contributed by atoms with Gasteiger partial charge in [-0.1, -0.05) is 12.1 Å². The molecule has 3 heterocycles. The summed E-state index contributed by atoms with van der Waals surface area (Å²) >= 11 is 0. The Balaban J connectivity index is 1.60. The van der Waals surface area contributed by atoms with Crippen LogP contribution in [0, 0.1) is 13.8 Å². The monoisotopic (exact) mass is 445 g/mol. The van der Waals surface area contributed by atoms with Crippen LogP contribution in [0.5, 0.6) is 0 Å². The first-order valence-electron chi connectivity index (χ1n) is 10.6. The van der Waals surface area contributed by atoms with E-state index in [-0.39, 0.29) is 22.3 Å². The Morgan fingerprint density at radius 1 is 1.00 bits per heavy atom. The van der Waals surface area contributed by atoms with Crippen molar-refractivity contribution in [1.29, 1.82) is 0 Å². The number of anilines is 1. The highest BCUT2D eigenvalue weighted by molar-refractivity contribution is 7.89. The van der Waals surface area contributed by atoms with Gasteiger partial charge in [0.25, 0.3) is 11.8 Å². The molecule has 2 fully saturated rings. The molecule has 0 bridgehead atoms. The van der Waals surface area contributed by atoms with Crippen LogP contribution in [0.15, 0.2) is 33.6 Å². The van der Waals surface area contributed by atoms with Crippen molar-refractivity contribution >= 4 is 27.5 Å². The molecule has 2 saturated heterocycles. The second-order valence-electron chi connectivity index (χ2n) is 8.09. The molecule has 2 aliphatic rings. The third-order valence-electron chi connectivity index (χ3n) is 5.91. The fourth-order valence-corrected chi connectivity index (χ4v) is 5.90. The topological polar surface area (TPSA) is 99.9 Å². The van der Waals surface area contributed by atoms with Crippen LogP contribution >= 0.6 is 0 Å². The number of carbonyl (C=O) groups is 2. The first kappa shape index (κ1) is 21.6. The zero-order valence-corrected chi connectivity index (χ0v) is 18.6. The number of carbonyl (C=O) groups excluding carboxylic acids is 2. The Labute approximate surface area is 182 Å². The largest absolute Gasteiger partial charge is 0.455 e. The highest BCUT2D eigenvalue weighted by Gasteiger charge is 2.32. The zero-order chi connectivity index (χ0) is 22.2. The summed E-state index contributed by atoms with van der Waals surface area (Å²) in [6.45, 7) is 5.72. The molecule has 0 radical (unpaired) electrons. The van der Waals surface area contributed by atoms with Gasteiger partial charge < -0.3 is 14.6 Å². The van der Waals surface area contributed by atoms with Gasteiger partial charge in [-0.25, -0.2) is 8.42 Å². The van der Waals surface area contributed by atoms with E-state index in [1.165, 1.54) is 17.3 Å². The molecule has 2 aliphatic heterocycles. The summed E-state index contributed by atoms with van der Waals surface area (Å²) in [5.74, 6) is -0.628. The van der Waals surface area contributed by atoms with Gasteiger partial charge in [-0.05, 0) is 51.2 Å². The average Bonchev–Trinajstić information content (AvgIpc) is 3.49. The van der Waals surface area contributed by atoms with Crippen LogP contribution in [-0.4, -0.2) is 55.6 Å². The summed E-state index contributed by atoms with van der Waals surface area (Å²) < 4.78 is 32.7. The van der Waals surface area contributed by atoms with E-state index >= 15 is 0 Å². The van der Waals surface area contributed by atoms with Crippen molar-refractivity contribution in [2.75, 3.05) is 31.5 Å². The van der Waals surface area contributed by atoms with Crippen molar-refractivity contribution in [3.05, 3.63) is 46.9 Å². The molecule has 2 amide bonds. The highest BCUT2D eigenvalue weighted by atomic mass is 32.2. The molecule has 2 aromatic rings. The van der Waals surface area contributed by atoms with Crippen LogP contribution in [-0.2, 0) is 10.0 Å². The van der Waals surface area contributed by atoms with Gasteiger partial charge in [-0.2, -0.15) is 4.31 Å². The first-order chi connectivity index (χ1) is 14.8. The Bertz CT molecular complexity index is 1110. The summed E-state index contributed by atoms with van der Waals surface area (Å²) in [6.07, 6.45) is 3.59. The number of aryl methyl sites for hydroxylation is 2. The first-order valence-corrected chi connectivity index (χ1v) is 12.0. The van der Waals surface area contributed by atoms with Crippen LogP contribution in [0.1, 0.15) is 57.9 Å². The molecule has 4 rings (SSSR count). The molecular weight excluding hydrogens is 418 g/mol. The summed E-state index contributed by atoms with van der Waals surface area (Å²) in [7, 11) is -3.70. The molecule has 1 N–H and O–H groups in total. The Kier molecular flexibility index (Phi) is 5.90. The molecule has 166 valence electrons. The molecule has 0 atom stereocenters. The molecular formula is C22H27N3O5S. The number of nitrogens with one attached hydrogen (secondary N) is 1. The molecule has 1 aromatic heterocycles. The van der Waals surface area contributed by atoms with Crippen molar-refractivity contribution in [2.45, 2.75) is 44.4 Å². The summed E-state index contributed by atoms with van der Waals surface area (Å²) in [6, 6.07) is 6.54. The maximum atomic E-state index is 13.0. The second-order valence-corrected chi connectivity index (χ2v) is 10.00. The van der Waals surface area contributed by atoms with Crippen molar-refractivity contribution in [3.63, 3.8) is 0 Å². The SMILES string of the molecule is Cc1cccc(NC(=O)c2cc(S(=O)(=O)N3CCCC3)c(C)o2)c1C(=O)N1CCCC1. The lowest BCUT2D eigenvalue weighted by molar-refractivity contribution is 0.0793. The van der Waals surface area contributed by atoms with Gasteiger partial charge in [-0.15, -0.1) is 0 Å². The predicted octanol–water partition coefficient (Wildman–Crippen LogP) is 3.17. The van der Waals surface area contributed by atoms with Gasteiger partial charge in [0.2, 0.25) is 10.0 Å². The Morgan fingerprint density at radius 2 is 1.65 bits per heavy atom. The third kappa shape index (κ3) is 4.12. The number of nitrogens with zero attached hydrogens (tertiary/aromatic N) is 2. The maximum absolute atomic E-state index is 13.0. The van der Waals surface area contributed by atoms with Crippen molar-refractivity contribution < 1.29 is 22.4 Å². The fourth-order valence-electron chi connectivity index (χ4n) is 4.22. The number of furan rings is 1. The number of sulfonamides is 1. The van der Waals surface area contributed by atoms with E-state index in [1.807, 2.05) is 13.0 Å². The van der Waals surface area contributed by atoms with Crippen LogP contribution < -0.4 is 5.32 Å². The maximum Gasteiger partial charge on any atom is 0.291 e. The van der Waals surface area contributed by atoms with Gasteiger partial charge in [-0.3, -0.25) is 9.59 Å². The lowest BCUT2D eigenvalue weighted by Gasteiger charge is -2.19. The van der Waals surface area contributed by atoms with Crippen molar-refractivity contribution in [1.82, 2.24) is 9.21 Å². The van der Waals surface area contributed by atoms with Crippen LogP contribution in [0.4, 0.5) is 5.69 Å². The zero-order valence-electron chi connectivity index (χ0n) is 17.8. The van der Waals surface area contributed by atoms with E-state index < -0.39 is 15.9 Å². The van der Waals surface area contributed by atoms with Crippen molar-refractivity contribution in [2.24, 2.45) is 0 Å². The van der Waals surface area contributed by atoms with E-state index in [1.54, 1.807) is 17.0 Å². The van der Waals surface area contributed by atoms with Gasteiger partial charge in [0.1, 0.15) is 10.7 Å². The molecule has 0 saturated carbocycles. The quantitative estimate of drug-likeness (QED) is 0.762. The molecule has 31 heavy (non-hydrogen) atoms. The number of hydrogen-bond acceptors (Lipinski definition) is 5. The van der Waals surface area contributed by atoms with Crippen LogP contribution in [0.3, 0.4) is 0 Å². The Hall–Kier alpha value is -2.65. The minimum Gasteiger partial charge on any atom is -0.455 e. The number of hydrogen-bond donors (Lipinski definition) is 1. The van der Waals surface area contributed by atoms with Crippen LogP contribution in [0.2, 0.25) is 0 Å². The van der Waals surface area contributed by atoms with Crippen molar-refractivity contribution in [3.8, 4) is 0 Å². The van der Waals surface area contributed by atoms with E-state index in [4.69, 9.17) is 4.42 Å². The molecule has 1 aromatic carbocycles. The molecule has 0 spiro atoms. The number of amides is 2. The van der Waals surface area contributed by atoms with Gasteiger partial charge in [0, 0.05) is 32.2 Å². The number of rotatable bonds is 5. The molecule has 0 aliphatic carbocycles. The van der Waals surface area contributed by atoms with E-state index in [9.17, 15) is 18.0 Å². The van der Waals surface area contributed by atoms with Gasteiger partial charge in [0.15, 0.2) is 5.76 Å². The molecule has 9 heteroatoms. The number of likely N-dealkylation sites (tertiary alicyclic amines) is 1. The van der Waals surface area contributed by atoms with E-state index in [0.717, 1.165) is 31.2 Å². The fraction of sp³-hybridized carbons (Fsp3) is 0.455. The number of benzene rings is 1. The normalized spacial score (nSPS) is 17.3. The third-order valence-corrected chi connectivity index (χ3v) is 7.91. The molecule has 8 nitrogen and oxygen atoms in total. The second kappa shape index (κ2) is 8.47. The predicted molar refractivity (Wildman–Crippen MR) is 116 cm³/mol. The van der Waals surface area contributed by atoms with Crippen LogP contribution in [0.25, 0.3) is 0 Å². The minimum atomic E-state index is -3.70. The minimum absolute atomic E-state index is 0.0113. The molecule has 0 unspecified atom stereocenters. The summed E-state index contributed by atoms with van der Waals surface area (Å²) in [5, 5.41) is 2.74. The Morgan fingerprint density at radius 3 is 2.32 bits per heavy atom. The lowest BCUT2D eigenvalue weighted by Crippen LogP contribution is -2.29. The van der Waals surface area contributed by atoms with E-state index in [2.05, 4.69) is 5.32 Å². The van der Waals surface area contributed by atoms with E-state index in [0.29, 0.717) is 37.4 Å². The summed E-state index contributed by atoms with van der Waals surface area (Å²) in [4.78, 5) is 27.7. The summed E-state index contributed by atoms with van der Waals surface area (Å²) in [5.41, 5.74) is 1.61. The lowest BCUT2D eigenvalue weighted by atomic mass is 10.0. The smallest absolute Gasteiger partial charge is 0.291 e. The average molecular weight is 446 g/mol. The van der Waals surface area contributed by atoms with Gasteiger partial charge in [0.05, 0.1) is 11.3 Å².